The fourth-order valence-corrected chi connectivity index (χ4v) is 2.91. The van der Waals surface area contributed by atoms with E-state index in [9.17, 15) is 0 Å². The van der Waals surface area contributed by atoms with Crippen LogP contribution in [0.3, 0.4) is 0 Å². The van der Waals surface area contributed by atoms with Crippen LogP contribution in [0.4, 0.5) is 11.4 Å². The quantitative estimate of drug-likeness (QED) is 0.384. The van der Waals surface area contributed by atoms with E-state index in [0.29, 0.717) is 6.42 Å². The normalized spacial score (nSPS) is 11.0. The van der Waals surface area contributed by atoms with Crippen LogP contribution >= 0.6 is 0 Å². The molecular formula is C24H20N4. The lowest BCUT2D eigenvalue weighted by atomic mass is 10.1. The number of pyridine rings is 2. The minimum Gasteiger partial charge on any atom is -0.399 e. The van der Waals surface area contributed by atoms with Gasteiger partial charge >= 0.3 is 0 Å². The first-order chi connectivity index (χ1) is 13.8. The summed E-state index contributed by atoms with van der Waals surface area (Å²) in [6.07, 6.45) is 4.34. The first-order valence-corrected chi connectivity index (χ1v) is 9.14. The Hall–Kier alpha value is -3.79. The molecule has 0 aliphatic heterocycles. The third-order valence-electron chi connectivity index (χ3n) is 4.39. The molecule has 0 unspecified atom stereocenters. The summed E-state index contributed by atoms with van der Waals surface area (Å²) in [5, 5.41) is 0. The van der Waals surface area contributed by atoms with Crippen LogP contribution in [0.1, 0.15) is 5.69 Å². The van der Waals surface area contributed by atoms with Crippen LogP contribution in [0.2, 0.25) is 0 Å². The Kier molecular flexibility index (Phi) is 5.20. The summed E-state index contributed by atoms with van der Waals surface area (Å²) in [7, 11) is 0. The number of aromatic nitrogens is 2. The highest BCUT2D eigenvalue weighted by atomic mass is 14.8. The zero-order valence-electron chi connectivity index (χ0n) is 15.4. The van der Waals surface area contributed by atoms with Gasteiger partial charge in [0.25, 0.3) is 0 Å². The molecule has 0 radical (unpaired) electrons. The van der Waals surface area contributed by atoms with Gasteiger partial charge in [-0.25, -0.2) is 0 Å². The predicted molar refractivity (Wildman–Crippen MR) is 116 cm³/mol. The Morgan fingerprint density at radius 1 is 0.750 bits per heavy atom. The molecule has 0 saturated carbocycles. The number of rotatable bonds is 5. The Bertz CT molecular complexity index is 1070. The molecule has 2 N–H and O–H groups in total. The van der Waals surface area contributed by atoms with E-state index in [0.717, 1.165) is 39.6 Å². The molecule has 136 valence electrons. The van der Waals surface area contributed by atoms with Gasteiger partial charge in [0.2, 0.25) is 0 Å². The average molecular weight is 364 g/mol. The van der Waals surface area contributed by atoms with Gasteiger partial charge in [-0.15, -0.1) is 0 Å². The second-order valence-electron chi connectivity index (χ2n) is 6.41. The van der Waals surface area contributed by atoms with Crippen LogP contribution in [-0.4, -0.2) is 16.2 Å². The summed E-state index contributed by atoms with van der Waals surface area (Å²) in [5.41, 5.74) is 12.4. The largest absolute Gasteiger partial charge is 0.399 e. The molecule has 28 heavy (non-hydrogen) atoms. The van der Waals surface area contributed by atoms with Crippen molar-refractivity contribution in [2.24, 2.45) is 4.99 Å². The molecule has 0 amide bonds. The van der Waals surface area contributed by atoms with Gasteiger partial charge in [-0.3, -0.25) is 15.0 Å². The fourth-order valence-electron chi connectivity index (χ4n) is 2.91. The van der Waals surface area contributed by atoms with Crippen molar-refractivity contribution in [2.75, 3.05) is 5.73 Å². The predicted octanol–water partition coefficient (Wildman–Crippen LogP) is 5.34. The summed E-state index contributed by atoms with van der Waals surface area (Å²) in [5.74, 6) is 0. The Morgan fingerprint density at radius 2 is 1.46 bits per heavy atom. The summed E-state index contributed by atoms with van der Waals surface area (Å²) >= 11 is 0. The van der Waals surface area contributed by atoms with Gasteiger partial charge in [-0.1, -0.05) is 36.4 Å². The smallest absolute Gasteiger partial charge is 0.0889 e. The second-order valence-corrected chi connectivity index (χ2v) is 6.41. The van der Waals surface area contributed by atoms with E-state index in [1.165, 1.54) is 0 Å². The molecule has 0 atom stereocenters. The highest BCUT2D eigenvalue weighted by Gasteiger charge is 2.01. The van der Waals surface area contributed by atoms with E-state index in [4.69, 9.17) is 5.73 Å². The number of hydrogen-bond donors (Lipinski definition) is 1. The molecule has 0 aliphatic rings. The number of nitrogens with two attached hydrogens (primary N) is 1. The number of nitrogens with zero attached hydrogens (tertiary/aromatic N) is 3. The third kappa shape index (κ3) is 4.30. The number of benzene rings is 2. The Balaban J connectivity index is 1.43. The van der Waals surface area contributed by atoms with Crippen LogP contribution in [-0.2, 0) is 6.42 Å². The minimum atomic E-state index is 0.667. The zero-order valence-corrected chi connectivity index (χ0v) is 15.4. The van der Waals surface area contributed by atoms with E-state index in [1.54, 1.807) is 6.20 Å². The molecule has 4 rings (SSSR count). The third-order valence-corrected chi connectivity index (χ3v) is 4.39. The number of anilines is 1. The van der Waals surface area contributed by atoms with Crippen LogP contribution < -0.4 is 5.73 Å². The van der Waals surface area contributed by atoms with Crippen molar-refractivity contribution in [1.82, 2.24) is 9.97 Å². The van der Waals surface area contributed by atoms with Crippen molar-refractivity contribution in [3.05, 3.63) is 96.8 Å². The average Bonchev–Trinajstić information content (AvgIpc) is 2.76. The first-order valence-electron chi connectivity index (χ1n) is 9.14. The minimum absolute atomic E-state index is 0.667. The molecule has 4 nitrogen and oxygen atoms in total. The summed E-state index contributed by atoms with van der Waals surface area (Å²) < 4.78 is 0. The van der Waals surface area contributed by atoms with Gasteiger partial charge in [0.15, 0.2) is 0 Å². The van der Waals surface area contributed by atoms with Crippen molar-refractivity contribution < 1.29 is 0 Å². The molecule has 0 spiro atoms. The molecule has 4 heteroatoms. The van der Waals surface area contributed by atoms with Gasteiger partial charge in [0.1, 0.15) is 0 Å². The van der Waals surface area contributed by atoms with E-state index >= 15 is 0 Å². The van der Waals surface area contributed by atoms with Gasteiger partial charge in [0.05, 0.1) is 17.1 Å². The van der Waals surface area contributed by atoms with Gasteiger partial charge in [-0.2, -0.15) is 0 Å². The van der Waals surface area contributed by atoms with Crippen LogP contribution in [0.15, 0.2) is 96.1 Å². The van der Waals surface area contributed by atoms with Crippen LogP contribution in [0.5, 0.6) is 0 Å². The highest BCUT2D eigenvalue weighted by Crippen LogP contribution is 2.23. The Morgan fingerprint density at radius 3 is 2.18 bits per heavy atom. The van der Waals surface area contributed by atoms with Crippen molar-refractivity contribution in [3.63, 3.8) is 0 Å². The first kappa shape index (κ1) is 17.6. The molecular weight excluding hydrogens is 344 g/mol. The maximum absolute atomic E-state index is 5.75. The van der Waals surface area contributed by atoms with Gasteiger partial charge < -0.3 is 5.73 Å². The lowest BCUT2D eigenvalue weighted by molar-refractivity contribution is 1.14. The van der Waals surface area contributed by atoms with E-state index in [2.05, 4.69) is 27.1 Å². The molecule has 2 aromatic carbocycles. The van der Waals surface area contributed by atoms with Crippen LogP contribution in [0.25, 0.3) is 22.5 Å². The number of nitrogen functional groups attached to an aromatic ring is 1. The summed E-state index contributed by atoms with van der Waals surface area (Å²) in [6, 6.07) is 27.8. The maximum atomic E-state index is 5.75. The maximum Gasteiger partial charge on any atom is 0.0889 e. The van der Waals surface area contributed by atoms with Crippen molar-refractivity contribution in [3.8, 4) is 22.5 Å². The monoisotopic (exact) mass is 364 g/mol. The zero-order chi connectivity index (χ0) is 19.2. The van der Waals surface area contributed by atoms with Crippen LogP contribution in [0, 0.1) is 0 Å². The number of hydrogen-bond acceptors (Lipinski definition) is 4. The molecule has 0 bridgehead atoms. The molecule has 2 heterocycles. The van der Waals surface area contributed by atoms with Gasteiger partial charge in [0, 0.05) is 30.2 Å². The Labute approximate surface area is 164 Å². The molecule has 0 saturated heterocycles. The second kappa shape index (κ2) is 8.27. The summed E-state index contributed by atoms with van der Waals surface area (Å²) in [6.45, 7) is 0. The van der Waals surface area contributed by atoms with Crippen molar-refractivity contribution >= 4 is 17.6 Å². The van der Waals surface area contributed by atoms with Crippen molar-refractivity contribution in [1.29, 1.82) is 0 Å². The molecule has 4 aromatic rings. The van der Waals surface area contributed by atoms with E-state index < -0.39 is 0 Å². The molecule has 0 fully saturated rings. The SMILES string of the molecule is Nc1ccc(-c2ccc(N=CCc3cccc(-c4ccccn4)n3)cc2)cc1. The van der Waals surface area contributed by atoms with E-state index in [1.807, 2.05) is 79.0 Å². The fraction of sp³-hybridized carbons (Fsp3) is 0.0417. The molecule has 0 aliphatic carbocycles. The summed E-state index contributed by atoms with van der Waals surface area (Å²) in [4.78, 5) is 13.6. The van der Waals surface area contributed by atoms with Gasteiger partial charge in [-0.05, 0) is 59.7 Å². The standard InChI is InChI=1S/C24H20N4/c25-20-11-7-18(8-12-20)19-9-13-21(14-10-19)26-17-15-22-4-3-6-24(28-22)23-5-1-2-16-27-23/h1-14,16-17H,15,25H2. The lowest BCUT2D eigenvalue weighted by Gasteiger charge is -2.03. The van der Waals surface area contributed by atoms with E-state index in [-0.39, 0.29) is 0 Å². The number of aliphatic imine (C=N–C) groups is 1. The van der Waals surface area contributed by atoms with Crippen molar-refractivity contribution in [2.45, 2.75) is 6.42 Å². The lowest BCUT2D eigenvalue weighted by Crippen LogP contribution is -1.94. The molecule has 2 aromatic heterocycles. The highest BCUT2D eigenvalue weighted by molar-refractivity contribution is 5.70. The topological polar surface area (TPSA) is 64.2 Å².